The average Bonchev–Trinajstić information content (AvgIpc) is 2.80. The minimum Gasteiger partial charge on any atom is -0.375 e. The molecule has 2 heterocycles. The topological polar surface area (TPSA) is 41.6 Å². The summed E-state index contributed by atoms with van der Waals surface area (Å²) in [6, 6.07) is 7.92. The standard InChI is InChI=1S/C16H21ClN2O2/c1-16(2)9-13(7-8-21-16)19-14(20)10-18-15(19)11-3-5-12(17)6-4-11/h3-6,13,15,18H,7-10H2,1-2H3. The number of hydrogen-bond acceptors (Lipinski definition) is 3. The van der Waals surface area contributed by atoms with Crippen molar-refractivity contribution in [3.8, 4) is 0 Å². The summed E-state index contributed by atoms with van der Waals surface area (Å²) in [5, 5.41) is 4.02. The molecule has 0 radical (unpaired) electrons. The van der Waals surface area contributed by atoms with Gasteiger partial charge in [0.15, 0.2) is 0 Å². The third-order valence-corrected chi connectivity index (χ3v) is 4.51. The molecule has 5 heteroatoms. The van der Waals surface area contributed by atoms with Gasteiger partial charge in [-0.1, -0.05) is 23.7 Å². The molecule has 2 atom stereocenters. The molecule has 4 nitrogen and oxygen atoms in total. The smallest absolute Gasteiger partial charge is 0.238 e. The highest BCUT2D eigenvalue weighted by Gasteiger charge is 2.41. The molecule has 1 amide bonds. The molecule has 114 valence electrons. The number of carbonyl (C=O) groups excluding carboxylic acids is 1. The number of amides is 1. The van der Waals surface area contributed by atoms with Gasteiger partial charge in [0.1, 0.15) is 6.17 Å². The van der Waals surface area contributed by atoms with Crippen LogP contribution in [0, 0.1) is 0 Å². The Morgan fingerprint density at radius 3 is 2.71 bits per heavy atom. The Balaban J connectivity index is 1.84. The van der Waals surface area contributed by atoms with E-state index in [1.165, 1.54) is 0 Å². The Bertz CT molecular complexity index is 530. The summed E-state index contributed by atoms with van der Waals surface area (Å²) < 4.78 is 5.77. The van der Waals surface area contributed by atoms with Crippen LogP contribution in [-0.2, 0) is 9.53 Å². The van der Waals surface area contributed by atoms with E-state index in [-0.39, 0.29) is 23.7 Å². The minimum absolute atomic E-state index is 0.0614. The zero-order valence-corrected chi connectivity index (χ0v) is 13.2. The summed E-state index contributed by atoms with van der Waals surface area (Å²) in [6.07, 6.45) is 1.69. The fourth-order valence-corrected chi connectivity index (χ4v) is 3.42. The van der Waals surface area contributed by atoms with Crippen molar-refractivity contribution < 1.29 is 9.53 Å². The van der Waals surface area contributed by atoms with Crippen molar-refractivity contribution in [1.82, 2.24) is 10.2 Å². The number of nitrogens with zero attached hydrogens (tertiary/aromatic N) is 1. The number of hydrogen-bond donors (Lipinski definition) is 1. The number of nitrogens with one attached hydrogen (secondary N) is 1. The normalized spacial score (nSPS) is 28.9. The van der Waals surface area contributed by atoms with Crippen molar-refractivity contribution in [2.75, 3.05) is 13.2 Å². The highest BCUT2D eigenvalue weighted by molar-refractivity contribution is 6.30. The van der Waals surface area contributed by atoms with Crippen LogP contribution in [0.15, 0.2) is 24.3 Å². The van der Waals surface area contributed by atoms with Crippen molar-refractivity contribution in [1.29, 1.82) is 0 Å². The number of carbonyl (C=O) groups is 1. The van der Waals surface area contributed by atoms with Crippen LogP contribution in [0.4, 0.5) is 0 Å². The lowest BCUT2D eigenvalue weighted by atomic mass is 9.92. The average molecular weight is 309 g/mol. The molecule has 21 heavy (non-hydrogen) atoms. The van der Waals surface area contributed by atoms with Gasteiger partial charge in [0.05, 0.1) is 12.1 Å². The maximum atomic E-state index is 12.3. The van der Waals surface area contributed by atoms with Crippen LogP contribution in [0.1, 0.15) is 38.4 Å². The van der Waals surface area contributed by atoms with Crippen LogP contribution in [0.5, 0.6) is 0 Å². The van der Waals surface area contributed by atoms with Gasteiger partial charge in [-0.15, -0.1) is 0 Å². The molecule has 2 fully saturated rings. The predicted octanol–water partition coefficient (Wildman–Crippen LogP) is 2.73. The monoisotopic (exact) mass is 308 g/mol. The van der Waals surface area contributed by atoms with Gasteiger partial charge in [-0.05, 0) is 44.4 Å². The van der Waals surface area contributed by atoms with Crippen molar-refractivity contribution >= 4 is 17.5 Å². The lowest BCUT2D eigenvalue weighted by Crippen LogP contribution is -2.48. The molecule has 0 bridgehead atoms. The third kappa shape index (κ3) is 3.07. The molecule has 3 rings (SSSR count). The van der Waals surface area contributed by atoms with E-state index < -0.39 is 0 Å². The van der Waals surface area contributed by atoms with E-state index in [4.69, 9.17) is 16.3 Å². The molecule has 0 spiro atoms. The molecule has 1 aromatic rings. The highest BCUT2D eigenvalue weighted by atomic mass is 35.5. The first-order chi connectivity index (χ1) is 9.96. The quantitative estimate of drug-likeness (QED) is 0.913. The Morgan fingerprint density at radius 1 is 1.33 bits per heavy atom. The summed E-state index contributed by atoms with van der Waals surface area (Å²) >= 11 is 5.95. The predicted molar refractivity (Wildman–Crippen MR) is 82.1 cm³/mol. The van der Waals surface area contributed by atoms with Gasteiger partial charge in [0, 0.05) is 17.7 Å². The Morgan fingerprint density at radius 2 is 2.05 bits per heavy atom. The zero-order chi connectivity index (χ0) is 15.0. The summed E-state index contributed by atoms with van der Waals surface area (Å²) in [6.45, 7) is 5.27. The van der Waals surface area contributed by atoms with Crippen molar-refractivity contribution in [2.24, 2.45) is 0 Å². The van der Waals surface area contributed by atoms with Crippen LogP contribution in [0.25, 0.3) is 0 Å². The van der Waals surface area contributed by atoms with Gasteiger partial charge in [-0.3, -0.25) is 10.1 Å². The van der Waals surface area contributed by atoms with E-state index in [0.717, 1.165) is 18.4 Å². The number of benzene rings is 1. The van der Waals surface area contributed by atoms with Crippen LogP contribution in [-0.4, -0.2) is 35.6 Å². The van der Waals surface area contributed by atoms with Gasteiger partial charge in [-0.2, -0.15) is 0 Å². The first-order valence-electron chi connectivity index (χ1n) is 7.40. The first-order valence-corrected chi connectivity index (χ1v) is 7.78. The fourth-order valence-electron chi connectivity index (χ4n) is 3.29. The molecular weight excluding hydrogens is 288 g/mol. The van der Waals surface area contributed by atoms with E-state index >= 15 is 0 Å². The van der Waals surface area contributed by atoms with Gasteiger partial charge in [0.2, 0.25) is 5.91 Å². The molecule has 1 aromatic carbocycles. The van der Waals surface area contributed by atoms with Crippen LogP contribution < -0.4 is 5.32 Å². The maximum Gasteiger partial charge on any atom is 0.238 e. The summed E-state index contributed by atoms with van der Waals surface area (Å²) in [5.74, 6) is 0.164. The SMILES string of the molecule is CC1(C)CC(N2C(=O)CNC2c2ccc(Cl)cc2)CCO1. The van der Waals surface area contributed by atoms with E-state index in [1.54, 1.807) is 0 Å². The molecule has 1 N–H and O–H groups in total. The molecule has 0 aliphatic carbocycles. The second-order valence-corrected chi connectivity index (χ2v) is 6.83. The third-order valence-electron chi connectivity index (χ3n) is 4.26. The molecule has 2 unspecified atom stereocenters. The number of halogens is 1. The zero-order valence-electron chi connectivity index (χ0n) is 12.4. The first kappa shape index (κ1) is 14.8. The molecular formula is C16H21ClN2O2. The number of rotatable bonds is 2. The second-order valence-electron chi connectivity index (χ2n) is 6.39. The maximum absolute atomic E-state index is 12.3. The van der Waals surface area contributed by atoms with Crippen LogP contribution in [0.2, 0.25) is 5.02 Å². The summed E-state index contributed by atoms with van der Waals surface area (Å²) in [4.78, 5) is 14.3. The Kier molecular flexibility index (Phi) is 3.95. The molecule has 2 aliphatic heterocycles. The van der Waals surface area contributed by atoms with Crippen LogP contribution >= 0.6 is 11.6 Å². The van der Waals surface area contributed by atoms with E-state index in [9.17, 15) is 4.79 Å². The Hall–Kier alpha value is -1.10. The molecule has 0 aromatic heterocycles. The van der Waals surface area contributed by atoms with Crippen molar-refractivity contribution in [3.63, 3.8) is 0 Å². The largest absolute Gasteiger partial charge is 0.375 e. The summed E-state index contributed by atoms with van der Waals surface area (Å²) in [5.41, 5.74) is 0.908. The van der Waals surface area contributed by atoms with Crippen molar-refractivity contribution in [2.45, 2.75) is 44.5 Å². The Labute approximate surface area is 130 Å². The highest BCUT2D eigenvalue weighted by Crippen LogP contribution is 2.34. The second kappa shape index (κ2) is 5.59. The van der Waals surface area contributed by atoms with Gasteiger partial charge in [0.25, 0.3) is 0 Å². The molecule has 2 aliphatic rings. The van der Waals surface area contributed by atoms with E-state index in [0.29, 0.717) is 18.2 Å². The molecule has 0 saturated carbocycles. The minimum atomic E-state index is -0.170. The van der Waals surface area contributed by atoms with E-state index in [1.807, 2.05) is 29.2 Å². The van der Waals surface area contributed by atoms with Crippen LogP contribution in [0.3, 0.4) is 0 Å². The lowest BCUT2D eigenvalue weighted by molar-refractivity contribution is -0.137. The lowest BCUT2D eigenvalue weighted by Gasteiger charge is -2.41. The van der Waals surface area contributed by atoms with Gasteiger partial charge in [-0.25, -0.2) is 0 Å². The van der Waals surface area contributed by atoms with Gasteiger partial charge >= 0.3 is 0 Å². The molecule has 2 saturated heterocycles. The van der Waals surface area contributed by atoms with Gasteiger partial charge < -0.3 is 9.64 Å². The summed E-state index contributed by atoms with van der Waals surface area (Å²) in [7, 11) is 0. The fraction of sp³-hybridized carbons (Fsp3) is 0.562. The van der Waals surface area contributed by atoms with Crippen molar-refractivity contribution in [3.05, 3.63) is 34.9 Å². The number of ether oxygens (including phenoxy) is 1. The van der Waals surface area contributed by atoms with E-state index in [2.05, 4.69) is 19.2 Å².